The monoisotopic (exact) mass is 576 g/mol. The Labute approximate surface area is 219 Å². The fraction of sp³-hybridized carbons (Fsp3) is 0.444. The second-order valence-corrected chi connectivity index (χ2v) is 8.63. The van der Waals surface area contributed by atoms with Crippen molar-refractivity contribution in [3.8, 4) is 0 Å². The van der Waals surface area contributed by atoms with Gasteiger partial charge in [-0.2, -0.15) is 0 Å². The van der Waals surface area contributed by atoms with Crippen molar-refractivity contribution in [1.82, 2.24) is 15.6 Å². The largest absolute Gasteiger partial charge is 0.381 e. The van der Waals surface area contributed by atoms with Crippen molar-refractivity contribution in [2.45, 2.75) is 52.4 Å². The third kappa shape index (κ3) is 7.45. The summed E-state index contributed by atoms with van der Waals surface area (Å²) in [6.07, 6.45) is 5.34. The van der Waals surface area contributed by atoms with E-state index in [1.807, 2.05) is 0 Å². The fourth-order valence-corrected chi connectivity index (χ4v) is 4.27. The molecule has 0 unspecified atom stereocenters. The van der Waals surface area contributed by atoms with E-state index >= 15 is 0 Å². The van der Waals surface area contributed by atoms with Gasteiger partial charge in [0.05, 0.1) is 19.3 Å². The number of nitrogens with one attached hydrogen (secondary N) is 3. The van der Waals surface area contributed by atoms with Gasteiger partial charge in [-0.3, -0.25) is 0 Å². The topological polar surface area (TPSA) is 70.7 Å². The number of guanidine groups is 1. The quantitative estimate of drug-likeness (QED) is 0.189. The smallest absolute Gasteiger partial charge is 0.191 e. The van der Waals surface area contributed by atoms with Crippen molar-refractivity contribution in [2.24, 2.45) is 4.99 Å². The summed E-state index contributed by atoms with van der Waals surface area (Å²) in [5, 5.41) is 8.14. The number of hydrogen-bond acceptors (Lipinski definition) is 3. The molecule has 0 saturated carbocycles. The van der Waals surface area contributed by atoms with Crippen molar-refractivity contribution in [3.05, 3.63) is 70.9 Å². The number of hydrogen-bond donors (Lipinski definition) is 3. The first-order chi connectivity index (χ1) is 16.2. The summed E-state index contributed by atoms with van der Waals surface area (Å²) in [5.41, 5.74) is 6.22. The van der Waals surface area contributed by atoms with Crippen LogP contribution in [0.3, 0.4) is 0 Å². The first kappa shape index (κ1) is 26.5. The van der Waals surface area contributed by atoms with E-state index in [-0.39, 0.29) is 24.0 Å². The zero-order chi connectivity index (χ0) is 22.9. The normalized spacial score (nSPS) is 14.7. The number of halogens is 1. The molecule has 0 bridgehead atoms. The Morgan fingerprint density at radius 3 is 2.74 bits per heavy atom. The van der Waals surface area contributed by atoms with Crippen LogP contribution in [0.1, 0.15) is 42.0 Å². The molecule has 3 N–H and O–H groups in total. The van der Waals surface area contributed by atoms with E-state index in [9.17, 15) is 0 Å². The Bertz CT molecular complexity index is 1060. The summed E-state index contributed by atoms with van der Waals surface area (Å²) in [5.74, 6) is 0.845. The van der Waals surface area contributed by atoms with Gasteiger partial charge in [-0.15, -0.1) is 24.0 Å². The summed E-state index contributed by atoms with van der Waals surface area (Å²) >= 11 is 0. The number of aliphatic imine (C=N–C) groups is 1. The molecule has 0 atom stereocenters. The fourth-order valence-electron chi connectivity index (χ4n) is 4.27. The number of rotatable bonds is 9. The highest BCUT2D eigenvalue weighted by Gasteiger charge is 2.14. The van der Waals surface area contributed by atoms with Crippen molar-refractivity contribution in [1.29, 1.82) is 0 Å². The molecule has 184 valence electrons. The van der Waals surface area contributed by atoms with E-state index in [1.54, 1.807) is 0 Å². The zero-order valence-corrected chi connectivity index (χ0v) is 22.6. The van der Waals surface area contributed by atoms with E-state index in [4.69, 9.17) is 14.5 Å². The first-order valence-corrected chi connectivity index (χ1v) is 12.1. The molecule has 4 rings (SSSR count). The molecule has 1 fully saturated rings. The van der Waals surface area contributed by atoms with E-state index in [1.165, 1.54) is 33.2 Å². The first-order valence-electron chi connectivity index (χ1n) is 12.1. The van der Waals surface area contributed by atoms with Gasteiger partial charge in [0.25, 0.3) is 0 Å². The number of para-hydroxylation sites is 1. The van der Waals surface area contributed by atoms with Gasteiger partial charge in [-0.1, -0.05) is 42.5 Å². The van der Waals surface area contributed by atoms with Gasteiger partial charge < -0.3 is 25.1 Å². The standard InChI is InChI=1S/C27H36N4O2.HI/c1-3-28-27(29-13-10-23-18-30-26-20(2)6-4-9-25(23)26)31-17-21-7-5-8-22(16-21)19-33-24-11-14-32-15-12-24;/h4-9,16,18,24,30H,3,10-15,17,19H2,1-2H3,(H2,28,29,31);1H. The van der Waals surface area contributed by atoms with Gasteiger partial charge in [0, 0.05) is 43.4 Å². The molecule has 34 heavy (non-hydrogen) atoms. The van der Waals surface area contributed by atoms with Crippen molar-refractivity contribution >= 4 is 40.8 Å². The number of nitrogens with zero attached hydrogens (tertiary/aromatic N) is 1. The molecule has 0 aliphatic carbocycles. The molecule has 3 aromatic rings. The lowest BCUT2D eigenvalue weighted by Crippen LogP contribution is -2.38. The van der Waals surface area contributed by atoms with Gasteiger partial charge in [0.2, 0.25) is 0 Å². The molecule has 2 heterocycles. The maximum atomic E-state index is 6.07. The Kier molecular flexibility index (Phi) is 10.7. The Morgan fingerprint density at radius 1 is 1.12 bits per heavy atom. The Balaban J connectivity index is 0.00000324. The van der Waals surface area contributed by atoms with Crippen molar-refractivity contribution in [2.75, 3.05) is 26.3 Å². The van der Waals surface area contributed by atoms with Crippen LogP contribution in [-0.4, -0.2) is 43.4 Å². The van der Waals surface area contributed by atoms with E-state index < -0.39 is 0 Å². The maximum Gasteiger partial charge on any atom is 0.191 e. The molecule has 0 spiro atoms. The Hall–Kier alpha value is -2.10. The highest BCUT2D eigenvalue weighted by atomic mass is 127. The number of H-pyrrole nitrogens is 1. The highest BCUT2D eigenvalue weighted by molar-refractivity contribution is 14.0. The predicted octanol–water partition coefficient (Wildman–Crippen LogP) is 5.09. The molecule has 1 aliphatic rings. The average Bonchev–Trinajstić information content (AvgIpc) is 3.26. The van der Waals surface area contributed by atoms with Crippen LogP contribution in [0, 0.1) is 6.92 Å². The second-order valence-electron chi connectivity index (χ2n) is 8.63. The summed E-state index contributed by atoms with van der Waals surface area (Å²) in [6, 6.07) is 15.0. The van der Waals surface area contributed by atoms with Crippen LogP contribution < -0.4 is 10.6 Å². The summed E-state index contributed by atoms with van der Waals surface area (Å²) in [4.78, 5) is 8.21. The third-order valence-corrected chi connectivity index (χ3v) is 6.11. The van der Waals surface area contributed by atoms with Gasteiger partial charge in [0.15, 0.2) is 5.96 Å². The third-order valence-electron chi connectivity index (χ3n) is 6.11. The molecule has 7 heteroatoms. The predicted molar refractivity (Wildman–Crippen MR) is 150 cm³/mol. The van der Waals surface area contributed by atoms with E-state index in [2.05, 4.69) is 78.1 Å². The van der Waals surface area contributed by atoms with Gasteiger partial charge in [-0.05, 0) is 55.4 Å². The van der Waals surface area contributed by atoms with Crippen LogP contribution in [-0.2, 0) is 29.0 Å². The molecular weight excluding hydrogens is 539 g/mol. The van der Waals surface area contributed by atoms with E-state index in [0.29, 0.717) is 19.3 Å². The zero-order valence-electron chi connectivity index (χ0n) is 20.2. The van der Waals surface area contributed by atoms with Crippen LogP contribution in [0.15, 0.2) is 53.7 Å². The number of benzene rings is 2. The molecule has 0 amide bonds. The minimum Gasteiger partial charge on any atom is -0.381 e. The summed E-state index contributed by atoms with van der Waals surface area (Å²) in [7, 11) is 0. The molecule has 2 aromatic carbocycles. The van der Waals surface area contributed by atoms with Crippen LogP contribution in [0.5, 0.6) is 0 Å². The average molecular weight is 577 g/mol. The molecule has 1 aromatic heterocycles. The van der Waals surface area contributed by atoms with Crippen molar-refractivity contribution in [3.63, 3.8) is 0 Å². The summed E-state index contributed by atoms with van der Waals surface area (Å²) in [6.45, 7) is 8.77. The van der Waals surface area contributed by atoms with Crippen LogP contribution in [0.25, 0.3) is 10.9 Å². The molecule has 6 nitrogen and oxygen atoms in total. The van der Waals surface area contributed by atoms with Crippen LogP contribution in [0.2, 0.25) is 0 Å². The maximum absolute atomic E-state index is 6.07. The van der Waals surface area contributed by atoms with Gasteiger partial charge in [0.1, 0.15) is 0 Å². The minimum absolute atomic E-state index is 0. The summed E-state index contributed by atoms with van der Waals surface area (Å²) < 4.78 is 11.5. The molecule has 0 radical (unpaired) electrons. The van der Waals surface area contributed by atoms with Crippen LogP contribution in [0.4, 0.5) is 0 Å². The Morgan fingerprint density at radius 2 is 1.91 bits per heavy atom. The number of ether oxygens (including phenoxy) is 2. The second kappa shape index (κ2) is 13.7. The number of fused-ring (bicyclic) bond motifs is 1. The van der Waals surface area contributed by atoms with Crippen molar-refractivity contribution < 1.29 is 9.47 Å². The lowest BCUT2D eigenvalue weighted by Gasteiger charge is -2.22. The number of aromatic amines is 1. The lowest BCUT2D eigenvalue weighted by atomic mass is 10.1. The number of aryl methyl sites for hydroxylation is 1. The molecular formula is C27H37IN4O2. The van der Waals surface area contributed by atoms with Gasteiger partial charge >= 0.3 is 0 Å². The van der Waals surface area contributed by atoms with E-state index in [0.717, 1.165) is 51.5 Å². The SMILES string of the molecule is CCNC(=NCc1cccc(COC2CCOCC2)c1)NCCc1c[nH]c2c(C)cccc12.I. The number of aromatic nitrogens is 1. The molecule has 1 saturated heterocycles. The minimum atomic E-state index is 0. The van der Waals surface area contributed by atoms with Gasteiger partial charge in [-0.25, -0.2) is 4.99 Å². The molecule has 1 aliphatic heterocycles. The highest BCUT2D eigenvalue weighted by Crippen LogP contribution is 2.21. The lowest BCUT2D eigenvalue weighted by molar-refractivity contribution is -0.0390. The van der Waals surface area contributed by atoms with Crippen LogP contribution >= 0.6 is 24.0 Å².